The lowest BCUT2D eigenvalue weighted by Crippen LogP contribution is -2.34. The Bertz CT molecular complexity index is 459. The van der Waals surface area contributed by atoms with Crippen LogP contribution in [0, 0.1) is 11.3 Å². The molecule has 1 aromatic rings. The topological polar surface area (TPSA) is 53.1 Å². The molecule has 0 aromatic heterocycles. The number of rotatable bonds is 5. The summed E-state index contributed by atoms with van der Waals surface area (Å²) in [7, 11) is 0. The maximum atomic E-state index is 8.87. The highest BCUT2D eigenvalue weighted by Gasteiger charge is 2.18. The molecule has 1 atom stereocenters. The van der Waals surface area contributed by atoms with Gasteiger partial charge in [-0.3, -0.25) is 4.90 Å². The van der Waals surface area contributed by atoms with E-state index >= 15 is 0 Å². The molecule has 1 heterocycles. The van der Waals surface area contributed by atoms with E-state index in [0.29, 0.717) is 0 Å². The third kappa shape index (κ3) is 4.05. The molecular weight excluding hydrogens is 234 g/mol. The van der Waals surface area contributed by atoms with Gasteiger partial charge in [0.05, 0.1) is 6.07 Å². The maximum absolute atomic E-state index is 8.87. The molecule has 1 unspecified atom stereocenters. The van der Waals surface area contributed by atoms with Gasteiger partial charge in [-0.15, -0.1) is 0 Å². The maximum Gasteiger partial charge on any atom is 0.101 e. The third-order valence-electron chi connectivity index (χ3n) is 3.89. The van der Waals surface area contributed by atoms with Gasteiger partial charge in [0.15, 0.2) is 0 Å². The normalized spacial score (nSPS) is 18.4. The van der Waals surface area contributed by atoms with Crippen molar-refractivity contribution in [2.24, 2.45) is 5.73 Å². The van der Waals surface area contributed by atoms with Gasteiger partial charge in [0.1, 0.15) is 5.54 Å². The second-order valence-electron chi connectivity index (χ2n) is 5.78. The zero-order chi connectivity index (χ0) is 13.7. The highest BCUT2D eigenvalue weighted by atomic mass is 15.1. The molecule has 0 amide bonds. The summed E-state index contributed by atoms with van der Waals surface area (Å²) >= 11 is 0. The van der Waals surface area contributed by atoms with Crippen LogP contribution in [0.5, 0.6) is 0 Å². The zero-order valence-electron chi connectivity index (χ0n) is 11.7. The molecule has 1 aliphatic heterocycles. The van der Waals surface area contributed by atoms with Gasteiger partial charge in [-0.25, -0.2) is 0 Å². The van der Waals surface area contributed by atoms with Crippen LogP contribution in [-0.2, 0) is 13.0 Å². The summed E-state index contributed by atoms with van der Waals surface area (Å²) in [5.41, 5.74) is 8.13. The number of fused-ring (bicyclic) bond motifs is 1. The van der Waals surface area contributed by atoms with Crippen molar-refractivity contribution in [2.45, 2.75) is 44.7 Å². The minimum atomic E-state index is -0.658. The Hall–Kier alpha value is -1.37. The SMILES string of the molecule is CC(N)(C#N)CCCCN1CCc2ccccc2C1. The van der Waals surface area contributed by atoms with Crippen molar-refractivity contribution in [3.8, 4) is 6.07 Å². The van der Waals surface area contributed by atoms with Crippen LogP contribution in [0.4, 0.5) is 0 Å². The number of unbranched alkanes of at least 4 members (excludes halogenated alkanes) is 1. The summed E-state index contributed by atoms with van der Waals surface area (Å²) < 4.78 is 0. The highest BCUT2D eigenvalue weighted by molar-refractivity contribution is 5.28. The molecule has 0 fully saturated rings. The summed E-state index contributed by atoms with van der Waals surface area (Å²) in [6.45, 7) is 5.13. The van der Waals surface area contributed by atoms with Gasteiger partial charge in [0.25, 0.3) is 0 Å². The van der Waals surface area contributed by atoms with Crippen LogP contribution in [0.1, 0.15) is 37.3 Å². The molecular formula is C16H23N3. The average Bonchev–Trinajstić information content (AvgIpc) is 2.43. The summed E-state index contributed by atoms with van der Waals surface area (Å²) in [5.74, 6) is 0. The molecule has 2 rings (SSSR count). The lowest BCUT2D eigenvalue weighted by atomic mass is 9.97. The molecule has 19 heavy (non-hydrogen) atoms. The number of nitrogens with zero attached hydrogens (tertiary/aromatic N) is 2. The van der Waals surface area contributed by atoms with E-state index in [4.69, 9.17) is 11.0 Å². The first-order chi connectivity index (χ1) is 9.11. The third-order valence-corrected chi connectivity index (χ3v) is 3.89. The second-order valence-corrected chi connectivity index (χ2v) is 5.78. The van der Waals surface area contributed by atoms with E-state index in [1.54, 1.807) is 0 Å². The van der Waals surface area contributed by atoms with Crippen LogP contribution < -0.4 is 5.73 Å². The van der Waals surface area contributed by atoms with Crippen molar-refractivity contribution in [1.82, 2.24) is 4.90 Å². The monoisotopic (exact) mass is 257 g/mol. The average molecular weight is 257 g/mol. The molecule has 0 saturated carbocycles. The molecule has 1 aromatic carbocycles. The molecule has 0 radical (unpaired) electrons. The van der Waals surface area contributed by atoms with E-state index in [-0.39, 0.29) is 0 Å². The van der Waals surface area contributed by atoms with Crippen LogP contribution in [0.2, 0.25) is 0 Å². The summed E-state index contributed by atoms with van der Waals surface area (Å²) in [5, 5.41) is 8.87. The molecule has 1 aliphatic rings. The van der Waals surface area contributed by atoms with Crippen LogP contribution in [0.15, 0.2) is 24.3 Å². The van der Waals surface area contributed by atoms with Crippen molar-refractivity contribution in [3.63, 3.8) is 0 Å². The van der Waals surface area contributed by atoms with Crippen LogP contribution >= 0.6 is 0 Å². The molecule has 0 saturated heterocycles. The fourth-order valence-electron chi connectivity index (χ4n) is 2.63. The van der Waals surface area contributed by atoms with Crippen molar-refractivity contribution >= 4 is 0 Å². The van der Waals surface area contributed by atoms with Gasteiger partial charge in [0, 0.05) is 13.1 Å². The number of hydrogen-bond donors (Lipinski definition) is 1. The van der Waals surface area contributed by atoms with Crippen LogP contribution in [0.25, 0.3) is 0 Å². The second kappa shape index (κ2) is 6.18. The Morgan fingerprint density at radius 2 is 2.05 bits per heavy atom. The lowest BCUT2D eigenvalue weighted by molar-refractivity contribution is 0.246. The van der Waals surface area contributed by atoms with Gasteiger partial charge in [-0.05, 0) is 50.3 Å². The Morgan fingerprint density at radius 1 is 1.32 bits per heavy atom. The quantitative estimate of drug-likeness (QED) is 0.824. The van der Waals surface area contributed by atoms with Crippen molar-refractivity contribution < 1.29 is 0 Å². The first kappa shape index (κ1) is 14.0. The van der Waals surface area contributed by atoms with E-state index in [9.17, 15) is 0 Å². The number of nitrogens with two attached hydrogens (primary N) is 1. The minimum absolute atomic E-state index is 0.658. The van der Waals surface area contributed by atoms with Crippen molar-refractivity contribution in [3.05, 3.63) is 35.4 Å². The van der Waals surface area contributed by atoms with Gasteiger partial charge in [0.2, 0.25) is 0 Å². The Labute approximate surface area is 116 Å². The van der Waals surface area contributed by atoms with E-state index in [1.165, 1.54) is 11.1 Å². The standard InChI is InChI=1S/C16H23N3/c1-16(18,13-17)9-4-5-10-19-11-8-14-6-2-3-7-15(14)12-19/h2-3,6-7H,4-5,8-12,18H2,1H3. The summed E-state index contributed by atoms with van der Waals surface area (Å²) in [4.78, 5) is 2.50. The Kier molecular flexibility index (Phi) is 4.57. The predicted molar refractivity (Wildman–Crippen MR) is 77.5 cm³/mol. The Morgan fingerprint density at radius 3 is 2.79 bits per heavy atom. The smallest absolute Gasteiger partial charge is 0.101 e. The van der Waals surface area contributed by atoms with Crippen LogP contribution in [-0.4, -0.2) is 23.5 Å². The molecule has 102 valence electrons. The Balaban J connectivity index is 1.73. The fourth-order valence-corrected chi connectivity index (χ4v) is 2.63. The number of nitriles is 1. The number of hydrogen-bond acceptors (Lipinski definition) is 3. The fraction of sp³-hybridized carbons (Fsp3) is 0.562. The van der Waals surface area contributed by atoms with E-state index in [2.05, 4.69) is 35.2 Å². The van der Waals surface area contributed by atoms with E-state index in [0.717, 1.165) is 45.3 Å². The summed E-state index contributed by atoms with van der Waals surface area (Å²) in [6.07, 6.45) is 4.09. The number of benzene rings is 1. The first-order valence-corrected chi connectivity index (χ1v) is 7.10. The molecule has 0 spiro atoms. The van der Waals surface area contributed by atoms with Gasteiger partial charge in [-0.1, -0.05) is 24.3 Å². The first-order valence-electron chi connectivity index (χ1n) is 7.10. The van der Waals surface area contributed by atoms with Gasteiger partial charge >= 0.3 is 0 Å². The molecule has 2 N–H and O–H groups in total. The molecule has 3 nitrogen and oxygen atoms in total. The highest BCUT2D eigenvalue weighted by Crippen LogP contribution is 2.19. The predicted octanol–water partition coefficient (Wildman–Crippen LogP) is 2.46. The molecule has 0 aliphatic carbocycles. The largest absolute Gasteiger partial charge is 0.314 e. The molecule has 3 heteroatoms. The van der Waals surface area contributed by atoms with Crippen LogP contribution in [0.3, 0.4) is 0 Å². The lowest BCUT2D eigenvalue weighted by Gasteiger charge is -2.28. The van der Waals surface area contributed by atoms with Gasteiger partial charge < -0.3 is 5.73 Å². The van der Waals surface area contributed by atoms with E-state index < -0.39 is 5.54 Å². The van der Waals surface area contributed by atoms with E-state index in [1.807, 2.05) is 6.92 Å². The van der Waals surface area contributed by atoms with Crippen molar-refractivity contribution in [2.75, 3.05) is 13.1 Å². The van der Waals surface area contributed by atoms with Gasteiger partial charge in [-0.2, -0.15) is 5.26 Å². The minimum Gasteiger partial charge on any atom is -0.314 e. The van der Waals surface area contributed by atoms with Crippen molar-refractivity contribution in [1.29, 1.82) is 5.26 Å². The molecule has 0 bridgehead atoms. The zero-order valence-corrected chi connectivity index (χ0v) is 11.7. The summed E-state index contributed by atoms with van der Waals surface area (Å²) in [6, 6.07) is 10.9.